The van der Waals surface area contributed by atoms with Crippen LogP contribution in [0.5, 0.6) is 0 Å². The van der Waals surface area contributed by atoms with Crippen LogP contribution in [-0.2, 0) is 14.6 Å². The number of hydrogen-bond acceptors (Lipinski definition) is 5. The molecule has 0 aliphatic rings. The number of ether oxygens (including phenoxy) is 1. The topological polar surface area (TPSA) is 58.6 Å². The molecule has 5 nitrogen and oxygen atoms in total. The first-order valence-corrected chi connectivity index (χ1v) is 7.96. The van der Waals surface area contributed by atoms with Gasteiger partial charge in [0.2, 0.25) is 9.84 Å². The highest BCUT2D eigenvalue weighted by atomic mass is 32.2. The molecule has 0 spiro atoms. The molecule has 1 aromatic rings. The van der Waals surface area contributed by atoms with Gasteiger partial charge in [-0.15, -0.1) is 0 Å². The van der Waals surface area contributed by atoms with E-state index in [0.29, 0.717) is 18.8 Å². The first-order chi connectivity index (χ1) is 9.87. The molecule has 1 N–H and O–H groups in total. The summed E-state index contributed by atoms with van der Waals surface area (Å²) < 4.78 is 52.2. The summed E-state index contributed by atoms with van der Waals surface area (Å²) in [7, 11) is -0.924. The Labute approximate surface area is 123 Å². The monoisotopic (exact) mass is 322 g/mol. The van der Waals surface area contributed by atoms with Crippen LogP contribution in [0.3, 0.4) is 0 Å². The molecule has 0 saturated carbocycles. The maximum Gasteiger partial charge on any atom is 0.341 e. The van der Waals surface area contributed by atoms with Crippen molar-refractivity contribution in [1.29, 1.82) is 0 Å². The number of methoxy groups -OCH3 is 1. The normalized spacial score (nSPS) is 12.1. The summed E-state index contributed by atoms with van der Waals surface area (Å²) in [6, 6.07) is 5.31. The lowest BCUT2D eigenvalue weighted by molar-refractivity contribution is 0.163. The fraction of sp³-hybridized carbons (Fsp3) is 0.538. The summed E-state index contributed by atoms with van der Waals surface area (Å²) in [5.74, 6) is -3.40. The van der Waals surface area contributed by atoms with Crippen molar-refractivity contribution in [3.05, 3.63) is 24.3 Å². The van der Waals surface area contributed by atoms with Gasteiger partial charge in [-0.2, -0.15) is 8.78 Å². The Kier molecular flexibility index (Phi) is 7.00. The predicted octanol–water partition coefficient (Wildman–Crippen LogP) is 1.67. The molecule has 0 unspecified atom stereocenters. The molecule has 120 valence electrons. The molecule has 0 radical (unpaired) electrons. The third-order valence-corrected chi connectivity index (χ3v) is 4.32. The van der Waals surface area contributed by atoms with Crippen LogP contribution in [0.15, 0.2) is 29.2 Å². The Morgan fingerprint density at radius 1 is 1.24 bits per heavy atom. The summed E-state index contributed by atoms with van der Waals surface area (Å²) in [6.07, 6.45) is 0. The maximum absolute atomic E-state index is 12.4. The minimum absolute atomic E-state index is 0.375. The van der Waals surface area contributed by atoms with Crippen molar-refractivity contribution in [1.82, 2.24) is 4.90 Å². The maximum atomic E-state index is 12.4. The van der Waals surface area contributed by atoms with E-state index in [1.807, 2.05) is 7.05 Å². The van der Waals surface area contributed by atoms with Gasteiger partial charge in [0.05, 0.1) is 11.5 Å². The second-order valence-corrected chi connectivity index (χ2v) is 6.47. The molecule has 0 amide bonds. The molecule has 1 rings (SSSR count). The van der Waals surface area contributed by atoms with E-state index >= 15 is 0 Å². The number of halogens is 2. The van der Waals surface area contributed by atoms with Crippen LogP contribution >= 0.6 is 0 Å². The second-order valence-electron chi connectivity index (χ2n) is 4.55. The first-order valence-electron chi connectivity index (χ1n) is 6.41. The van der Waals surface area contributed by atoms with E-state index in [9.17, 15) is 17.2 Å². The molecule has 0 heterocycles. The number of anilines is 1. The largest absolute Gasteiger partial charge is 0.384 e. The van der Waals surface area contributed by atoms with E-state index in [-0.39, 0.29) is 4.90 Å². The Hall–Kier alpha value is -1.25. The van der Waals surface area contributed by atoms with Crippen LogP contribution in [0.1, 0.15) is 0 Å². The van der Waals surface area contributed by atoms with Crippen LogP contribution in [0.25, 0.3) is 0 Å². The number of benzene rings is 1. The van der Waals surface area contributed by atoms with Crippen LogP contribution in [0, 0.1) is 0 Å². The summed E-state index contributed by atoms with van der Waals surface area (Å²) in [5.41, 5.74) is 0.684. The lowest BCUT2D eigenvalue weighted by Gasteiger charge is -2.16. The number of rotatable bonds is 9. The van der Waals surface area contributed by atoms with Gasteiger partial charge in [0.1, 0.15) is 0 Å². The Bertz CT molecular complexity index is 521. The molecule has 0 atom stereocenters. The molecule has 0 aliphatic carbocycles. The number of alkyl halides is 2. The summed E-state index contributed by atoms with van der Waals surface area (Å²) in [5, 5.41) is 3.10. The third kappa shape index (κ3) is 5.56. The molecule has 8 heteroatoms. The van der Waals surface area contributed by atoms with Crippen LogP contribution < -0.4 is 5.32 Å². The van der Waals surface area contributed by atoms with Gasteiger partial charge in [0.25, 0.3) is 0 Å². The van der Waals surface area contributed by atoms with Crippen molar-refractivity contribution in [3.63, 3.8) is 0 Å². The van der Waals surface area contributed by atoms with Crippen molar-refractivity contribution < 1.29 is 21.9 Å². The van der Waals surface area contributed by atoms with Crippen LogP contribution in [-0.4, -0.2) is 59.5 Å². The van der Waals surface area contributed by atoms with E-state index in [0.717, 1.165) is 13.1 Å². The molecular weight excluding hydrogens is 302 g/mol. The molecule has 0 bridgehead atoms. The first kappa shape index (κ1) is 17.8. The molecule has 21 heavy (non-hydrogen) atoms. The fourth-order valence-corrected chi connectivity index (χ4v) is 2.34. The molecule has 0 saturated heterocycles. The van der Waals surface area contributed by atoms with Crippen molar-refractivity contribution in [2.45, 2.75) is 10.7 Å². The lowest BCUT2D eigenvalue weighted by atomic mass is 10.3. The minimum atomic E-state index is -4.52. The quantitative estimate of drug-likeness (QED) is 0.749. The standard InChI is InChI=1S/C13H20F2N2O3S/c1-17(9-10-20-2)8-7-16-11-3-5-12(6-4-11)21(18,19)13(14)15/h3-6,13,16H,7-10H2,1-2H3. The molecule has 0 aromatic heterocycles. The predicted molar refractivity (Wildman–Crippen MR) is 77.5 cm³/mol. The number of hydrogen-bond donors (Lipinski definition) is 1. The Balaban J connectivity index is 2.49. The third-order valence-electron chi connectivity index (χ3n) is 2.92. The second kappa shape index (κ2) is 8.26. The number of sulfone groups is 1. The van der Waals surface area contributed by atoms with Crippen molar-refractivity contribution in [3.8, 4) is 0 Å². The van der Waals surface area contributed by atoms with Gasteiger partial charge >= 0.3 is 5.76 Å². The molecule has 0 fully saturated rings. The molecule has 0 aliphatic heterocycles. The number of likely N-dealkylation sites (N-methyl/N-ethyl adjacent to an activating group) is 1. The zero-order valence-corrected chi connectivity index (χ0v) is 12.9. The summed E-state index contributed by atoms with van der Waals surface area (Å²) >= 11 is 0. The van der Waals surface area contributed by atoms with E-state index in [1.165, 1.54) is 24.3 Å². The Morgan fingerprint density at radius 3 is 2.38 bits per heavy atom. The highest BCUT2D eigenvalue weighted by molar-refractivity contribution is 7.91. The van der Waals surface area contributed by atoms with Gasteiger partial charge in [0.15, 0.2) is 0 Å². The summed E-state index contributed by atoms with van der Waals surface area (Å²) in [6.45, 7) is 2.89. The van der Waals surface area contributed by atoms with Crippen molar-refractivity contribution in [2.75, 3.05) is 45.7 Å². The average molecular weight is 322 g/mol. The zero-order chi connectivity index (χ0) is 15.9. The minimum Gasteiger partial charge on any atom is -0.384 e. The highest BCUT2D eigenvalue weighted by Gasteiger charge is 2.26. The number of nitrogens with zero attached hydrogens (tertiary/aromatic N) is 1. The van der Waals surface area contributed by atoms with Crippen molar-refractivity contribution >= 4 is 15.5 Å². The van der Waals surface area contributed by atoms with Gasteiger partial charge in [0, 0.05) is 32.4 Å². The fourth-order valence-electron chi connectivity index (χ4n) is 1.62. The number of nitrogens with one attached hydrogen (secondary N) is 1. The van der Waals surface area contributed by atoms with Gasteiger partial charge in [-0.25, -0.2) is 8.42 Å². The van der Waals surface area contributed by atoms with E-state index < -0.39 is 15.6 Å². The van der Waals surface area contributed by atoms with E-state index in [4.69, 9.17) is 4.74 Å². The van der Waals surface area contributed by atoms with Crippen LogP contribution in [0.4, 0.5) is 14.5 Å². The van der Waals surface area contributed by atoms with E-state index in [1.54, 1.807) is 7.11 Å². The van der Waals surface area contributed by atoms with Crippen LogP contribution in [0.2, 0.25) is 0 Å². The molecular formula is C13H20F2N2O3S. The highest BCUT2D eigenvalue weighted by Crippen LogP contribution is 2.20. The van der Waals surface area contributed by atoms with Crippen molar-refractivity contribution in [2.24, 2.45) is 0 Å². The lowest BCUT2D eigenvalue weighted by Crippen LogP contribution is -2.28. The SMILES string of the molecule is COCCN(C)CCNc1ccc(S(=O)(=O)C(F)F)cc1. The van der Waals surface area contributed by atoms with Gasteiger partial charge in [-0.05, 0) is 31.3 Å². The molecule has 1 aromatic carbocycles. The summed E-state index contributed by atoms with van der Waals surface area (Å²) in [4.78, 5) is 1.70. The zero-order valence-electron chi connectivity index (χ0n) is 12.1. The van der Waals surface area contributed by atoms with Gasteiger partial charge in [-0.3, -0.25) is 0 Å². The Morgan fingerprint density at radius 2 is 1.86 bits per heavy atom. The smallest absolute Gasteiger partial charge is 0.341 e. The van der Waals surface area contributed by atoms with E-state index in [2.05, 4.69) is 10.2 Å². The average Bonchev–Trinajstić information content (AvgIpc) is 2.45. The van der Waals surface area contributed by atoms with Gasteiger partial charge < -0.3 is 15.0 Å². The van der Waals surface area contributed by atoms with Gasteiger partial charge in [-0.1, -0.05) is 0 Å².